The molecule has 0 aliphatic rings. The van der Waals surface area contributed by atoms with Gasteiger partial charge in [-0.3, -0.25) is 9.79 Å². The predicted molar refractivity (Wildman–Crippen MR) is 33.2 cm³/mol. The molecule has 0 rings (SSSR count). The first-order valence-corrected chi connectivity index (χ1v) is 2.48. The van der Waals surface area contributed by atoms with Crippen molar-refractivity contribution in [1.29, 1.82) is 0 Å². The average Bonchev–Trinajstić information content (AvgIpc) is 1.81. The lowest BCUT2D eigenvalue weighted by molar-refractivity contribution is -0.137. The van der Waals surface area contributed by atoms with Crippen molar-refractivity contribution in [2.45, 2.75) is 6.42 Å². The Morgan fingerprint density at radius 1 is 1.40 bits per heavy atom. The van der Waals surface area contributed by atoms with Crippen molar-refractivity contribution in [2.24, 2.45) is 4.99 Å². The Labute approximate surface area is 57.0 Å². The van der Waals surface area contributed by atoms with Crippen molar-refractivity contribution in [3.63, 3.8) is 0 Å². The summed E-state index contributed by atoms with van der Waals surface area (Å²) in [5.74, 6) is -2.48. The second kappa shape index (κ2) is 3.60. The van der Waals surface area contributed by atoms with E-state index in [1.807, 2.05) is 0 Å². The highest BCUT2D eigenvalue weighted by Gasteiger charge is 2.11. The highest BCUT2D eigenvalue weighted by molar-refractivity contribution is 6.38. The van der Waals surface area contributed by atoms with Crippen LogP contribution in [-0.2, 0) is 9.59 Å². The van der Waals surface area contributed by atoms with Crippen LogP contribution in [0.15, 0.2) is 4.99 Å². The van der Waals surface area contributed by atoms with Crippen LogP contribution in [0.4, 0.5) is 0 Å². The van der Waals surface area contributed by atoms with Gasteiger partial charge >= 0.3 is 11.9 Å². The molecule has 0 spiro atoms. The number of aliphatic carboxylic acids is 2. The summed E-state index contributed by atoms with van der Waals surface area (Å²) in [4.78, 5) is 23.3. The standard InChI is InChI=1S/C5H7NO4/c1-6-3(5(9)10)2-4(7)8/h2H2,1H3,(H,7,8)(H,9,10). The number of rotatable bonds is 3. The largest absolute Gasteiger partial charge is 0.481 e. The fourth-order valence-corrected chi connectivity index (χ4v) is 0.394. The molecule has 0 aliphatic heterocycles. The van der Waals surface area contributed by atoms with E-state index in [4.69, 9.17) is 10.2 Å². The lowest BCUT2D eigenvalue weighted by atomic mass is 10.3. The summed E-state index contributed by atoms with van der Waals surface area (Å²) < 4.78 is 0. The topological polar surface area (TPSA) is 87.0 Å². The number of nitrogens with zero attached hydrogens (tertiary/aromatic N) is 1. The Bertz CT molecular complexity index is 184. The molecule has 0 bridgehead atoms. The molecule has 0 aromatic carbocycles. The predicted octanol–water partition coefficient (Wildman–Crippen LogP) is -0.384. The Morgan fingerprint density at radius 3 is 2.00 bits per heavy atom. The van der Waals surface area contributed by atoms with E-state index in [-0.39, 0.29) is 5.71 Å². The summed E-state index contributed by atoms with van der Waals surface area (Å²) >= 11 is 0. The fourth-order valence-electron chi connectivity index (χ4n) is 0.394. The molecule has 10 heavy (non-hydrogen) atoms. The van der Waals surface area contributed by atoms with Gasteiger partial charge in [0.2, 0.25) is 0 Å². The molecule has 0 radical (unpaired) electrons. The van der Waals surface area contributed by atoms with Crippen molar-refractivity contribution < 1.29 is 19.8 Å². The summed E-state index contributed by atoms with van der Waals surface area (Å²) in [6, 6.07) is 0. The molecule has 0 aliphatic carbocycles. The van der Waals surface area contributed by atoms with Gasteiger partial charge in [-0.2, -0.15) is 0 Å². The van der Waals surface area contributed by atoms with Gasteiger partial charge in [-0.1, -0.05) is 0 Å². The zero-order valence-corrected chi connectivity index (χ0v) is 5.37. The van der Waals surface area contributed by atoms with E-state index in [1.165, 1.54) is 7.05 Å². The Kier molecular flexibility index (Phi) is 3.10. The summed E-state index contributed by atoms with van der Waals surface area (Å²) in [6.07, 6.45) is -0.536. The zero-order chi connectivity index (χ0) is 8.15. The average molecular weight is 145 g/mol. The van der Waals surface area contributed by atoms with Crippen LogP contribution in [0.25, 0.3) is 0 Å². The van der Waals surface area contributed by atoms with Crippen molar-refractivity contribution in [2.75, 3.05) is 7.05 Å². The lowest BCUT2D eigenvalue weighted by Gasteiger charge is -1.92. The van der Waals surface area contributed by atoms with Gasteiger partial charge in [0.15, 0.2) is 0 Å². The van der Waals surface area contributed by atoms with Crippen molar-refractivity contribution in [1.82, 2.24) is 0 Å². The first kappa shape index (κ1) is 8.61. The summed E-state index contributed by atoms with van der Waals surface area (Å²) in [5, 5.41) is 16.3. The van der Waals surface area contributed by atoms with Crippen LogP contribution in [0.5, 0.6) is 0 Å². The van der Waals surface area contributed by atoms with Crippen LogP contribution in [0, 0.1) is 0 Å². The number of carbonyl (C=O) groups is 2. The van der Waals surface area contributed by atoms with Crippen molar-refractivity contribution >= 4 is 17.7 Å². The molecular weight excluding hydrogens is 138 g/mol. The fraction of sp³-hybridized carbons (Fsp3) is 0.400. The summed E-state index contributed by atoms with van der Waals surface area (Å²) in [5.41, 5.74) is -0.340. The molecule has 2 N–H and O–H groups in total. The van der Waals surface area contributed by atoms with Gasteiger partial charge in [-0.15, -0.1) is 0 Å². The van der Waals surface area contributed by atoms with E-state index < -0.39 is 18.4 Å². The number of carboxylic acid groups (broad SMARTS) is 2. The SMILES string of the molecule is CN=C(CC(=O)O)C(=O)O. The molecule has 0 aromatic heterocycles. The van der Waals surface area contributed by atoms with Gasteiger partial charge < -0.3 is 10.2 Å². The molecule has 5 heteroatoms. The minimum absolute atomic E-state index is 0.340. The van der Waals surface area contributed by atoms with Crippen LogP contribution >= 0.6 is 0 Å². The molecule has 0 aromatic rings. The molecule has 0 atom stereocenters. The van der Waals surface area contributed by atoms with E-state index in [0.717, 1.165) is 0 Å². The monoisotopic (exact) mass is 145 g/mol. The van der Waals surface area contributed by atoms with Gasteiger partial charge in [-0.25, -0.2) is 4.79 Å². The van der Waals surface area contributed by atoms with Gasteiger partial charge in [-0.05, 0) is 0 Å². The smallest absolute Gasteiger partial charge is 0.350 e. The number of aliphatic imine (C=N–C) groups is 1. The highest BCUT2D eigenvalue weighted by atomic mass is 16.4. The minimum Gasteiger partial charge on any atom is -0.481 e. The van der Waals surface area contributed by atoms with E-state index in [2.05, 4.69) is 4.99 Å². The molecule has 5 nitrogen and oxygen atoms in total. The van der Waals surface area contributed by atoms with Gasteiger partial charge in [0.25, 0.3) is 0 Å². The van der Waals surface area contributed by atoms with Crippen LogP contribution in [0.3, 0.4) is 0 Å². The van der Waals surface area contributed by atoms with Crippen molar-refractivity contribution in [3.8, 4) is 0 Å². The maximum absolute atomic E-state index is 10.1. The molecule has 0 fully saturated rings. The number of hydrogen-bond donors (Lipinski definition) is 2. The Hall–Kier alpha value is -1.39. The molecule has 0 heterocycles. The first-order valence-electron chi connectivity index (χ1n) is 2.48. The lowest BCUT2D eigenvalue weighted by Crippen LogP contribution is -2.16. The highest BCUT2D eigenvalue weighted by Crippen LogP contribution is 1.86. The maximum atomic E-state index is 10.1. The molecule has 0 saturated heterocycles. The normalized spacial score (nSPS) is 11.1. The minimum atomic E-state index is -1.29. The Morgan fingerprint density at radius 2 is 1.90 bits per heavy atom. The van der Waals surface area contributed by atoms with Gasteiger partial charge in [0, 0.05) is 7.05 Å². The van der Waals surface area contributed by atoms with E-state index >= 15 is 0 Å². The van der Waals surface area contributed by atoms with Crippen LogP contribution in [0.1, 0.15) is 6.42 Å². The third kappa shape index (κ3) is 2.81. The van der Waals surface area contributed by atoms with Crippen molar-refractivity contribution in [3.05, 3.63) is 0 Å². The van der Waals surface area contributed by atoms with E-state index in [1.54, 1.807) is 0 Å². The molecule has 0 amide bonds. The maximum Gasteiger partial charge on any atom is 0.350 e. The van der Waals surface area contributed by atoms with Gasteiger partial charge in [0.05, 0.1) is 6.42 Å². The summed E-state index contributed by atoms with van der Waals surface area (Å²) in [6.45, 7) is 0. The second-order valence-electron chi connectivity index (χ2n) is 1.55. The quantitative estimate of drug-likeness (QED) is 0.530. The van der Waals surface area contributed by atoms with Gasteiger partial charge in [0.1, 0.15) is 5.71 Å². The summed E-state index contributed by atoms with van der Waals surface area (Å²) in [7, 11) is 1.24. The number of carboxylic acids is 2. The van der Waals surface area contributed by atoms with E-state index in [0.29, 0.717) is 0 Å². The molecule has 0 unspecified atom stereocenters. The third-order valence-corrected chi connectivity index (χ3v) is 0.835. The van der Waals surface area contributed by atoms with E-state index in [9.17, 15) is 9.59 Å². The number of hydrogen-bond acceptors (Lipinski definition) is 3. The molecule has 0 saturated carbocycles. The second-order valence-corrected chi connectivity index (χ2v) is 1.55. The van der Waals surface area contributed by atoms with Crippen LogP contribution in [-0.4, -0.2) is 34.9 Å². The Balaban J connectivity index is 4.12. The van der Waals surface area contributed by atoms with Crippen LogP contribution < -0.4 is 0 Å². The third-order valence-electron chi connectivity index (χ3n) is 0.835. The molecular formula is C5H7NO4. The zero-order valence-electron chi connectivity index (χ0n) is 5.37. The first-order chi connectivity index (χ1) is 4.57. The molecule has 56 valence electrons. The van der Waals surface area contributed by atoms with Crippen LogP contribution in [0.2, 0.25) is 0 Å².